The molecule has 7 heteroatoms. The van der Waals surface area contributed by atoms with Crippen LogP contribution in [0.3, 0.4) is 0 Å². The lowest BCUT2D eigenvalue weighted by Crippen LogP contribution is -2.28. The summed E-state index contributed by atoms with van der Waals surface area (Å²) in [6.07, 6.45) is 0. The molecule has 1 heterocycles. The number of carboxylic acid groups (broad SMARTS) is 1. The molecule has 0 amide bonds. The van der Waals surface area contributed by atoms with Gasteiger partial charge in [0, 0.05) is 0 Å². The van der Waals surface area contributed by atoms with E-state index in [-0.39, 0.29) is 5.28 Å². The van der Waals surface area contributed by atoms with Crippen molar-refractivity contribution in [3.63, 3.8) is 0 Å². The fourth-order valence-electron chi connectivity index (χ4n) is 0.413. The lowest BCUT2D eigenvalue weighted by atomic mass is 10.7. The number of halogens is 1. The number of aromatic nitrogens is 4. The molecule has 1 aromatic heterocycles. The highest BCUT2D eigenvalue weighted by molar-refractivity contribution is 6.28. The molecule has 1 rings (SSSR count). The minimum absolute atomic E-state index is 0.0656. The summed E-state index contributed by atoms with van der Waals surface area (Å²) in [6, 6.07) is 0. The van der Waals surface area contributed by atoms with E-state index in [1.165, 1.54) is 0 Å². The Labute approximate surface area is 60.4 Å². The Morgan fingerprint density at radius 2 is 2.50 bits per heavy atom. The van der Waals surface area contributed by atoms with Gasteiger partial charge >= 0.3 is 0 Å². The van der Waals surface area contributed by atoms with Crippen molar-refractivity contribution in [3.05, 3.63) is 5.28 Å². The van der Waals surface area contributed by atoms with Crippen molar-refractivity contribution in [1.82, 2.24) is 20.2 Å². The zero-order valence-electron chi connectivity index (χ0n) is 4.69. The number of carboxylic acids is 1. The maximum atomic E-state index is 9.93. The van der Waals surface area contributed by atoms with Crippen molar-refractivity contribution in [1.29, 1.82) is 0 Å². The van der Waals surface area contributed by atoms with E-state index < -0.39 is 12.5 Å². The normalized spacial score (nSPS) is 9.70. The van der Waals surface area contributed by atoms with Crippen molar-refractivity contribution >= 4 is 17.6 Å². The number of carbonyl (C=O) groups excluding carboxylic acids is 1. The van der Waals surface area contributed by atoms with Crippen LogP contribution in [0.15, 0.2) is 0 Å². The highest BCUT2D eigenvalue weighted by Crippen LogP contribution is 1.97. The Balaban J connectivity index is 2.74. The van der Waals surface area contributed by atoms with Crippen molar-refractivity contribution in [2.24, 2.45) is 0 Å². The first kappa shape index (κ1) is 6.94. The Kier molecular flexibility index (Phi) is 1.81. The monoisotopic (exact) mass is 161 g/mol. The second kappa shape index (κ2) is 2.61. The van der Waals surface area contributed by atoms with Gasteiger partial charge in [-0.3, -0.25) is 0 Å². The Morgan fingerprint density at radius 1 is 1.80 bits per heavy atom. The Hall–Kier alpha value is -1.17. The fourth-order valence-corrected chi connectivity index (χ4v) is 0.540. The van der Waals surface area contributed by atoms with Gasteiger partial charge < -0.3 is 9.90 Å². The van der Waals surface area contributed by atoms with Crippen LogP contribution in [0.5, 0.6) is 0 Å². The SMILES string of the molecule is O=C([O-])Cn1nnnc1Cl. The summed E-state index contributed by atoms with van der Waals surface area (Å²) < 4.78 is 0.914. The summed E-state index contributed by atoms with van der Waals surface area (Å²) in [5.41, 5.74) is 0. The topological polar surface area (TPSA) is 83.7 Å². The van der Waals surface area contributed by atoms with Gasteiger partial charge in [0.2, 0.25) is 5.28 Å². The zero-order valence-corrected chi connectivity index (χ0v) is 5.45. The number of carbonyl (C=O) groups is 1. The van der Waals surface area contributed by atoms with Gasteiger partial charge in [0.25, 0.3) is 0 Å². The van der Waals surface area contributed by atoms with Crippen LogP contribution in [0.4, 0.5) is 0 Å². The lowest BCUT2D eigenvalue weighted by molar-refractivity contribution is -0.306. The largest absolute Gasteiger partial charge is 0.548 e. The molecule has 0 aliphatic rings. The van der Waals surface area contributed by atoms with Crippen LogP contribution in [0, 0.1) is 0 Å². The average Bonchev–Trinajstić information content (AvgIpc) is 2.15. The van der Waals surface area contributed by atoms with Gasteiger partial charge in [-0.25, -0.2) is 4.68 Å². The highest BCUT2D eigenvalue weighted by Gasteiger charge is 2.00. The van der Waals surface area contributed by atoms with Crippen molar-refractivity contribution in [3.8, 4) is 0 Å². The lowest BCUT2D eigenvalue weighted by Gasteiger charge is -1.98. The quantitative estimate of drug-likeness (QED) is 0.505. The van der Waals surface area contributed by atoms with Gasteiger partial charge in [-0.1, -0.05) is 5.10 Å². The minimum atomic E-state index is -1.28. The van der Waals surface area contributed by atoms with E-state index in [2.05, 4.69) is 15.5 Å². The molecule has 0 aromatic carbocycles. The standard InChI is InChI=1S/C3H3ClN4O2/c4-3-5-6-7-8(3)1-2(9)10/h1H2,(H,9,10)/p-1. The van der Waals surface area contributed by atoms with Crippen LogP contribution in [0.2, 0.25) is 5.28 Å². The third kappa shape index (κ3) is 1.41. The van der Waals surface area contributed by atoms with Crippen LogP contribution in [0.1, 0.15) is 0 Å². The number of nitrogens with zero attached hydrogens (tertiary/aromatic N) is 4. The molecule has 0 fully saturated rings. The predicted molar refractivity (Wildman–Crippen MR) is 27.8 cm³/mol. The maximum Gasteiger partial charge on any atom is 0.243 e. The molecular weight excluding hydrogens is 160 g/mol. The molecule has 0 unspecified atom stereocenters. The first-order valence-electron chi connectivity index (χ1n) is 2.31. The fraction of sp³-hybridized carbons (Fsp3) is 0.333. The average molecular weight is 162 g/mol. The minimum Gasteiger partial charge on any atom is -0.548 e. The van der Waals surface area contributed by atoms with Gasteiger partial charge in [-0.15, -0.1) is 0 Å². The first-order valence-corrected chi connectivity index (χ1v) is 2.69. The molecule has 6 nitrogen and oxygen atoms in total. The second-order valence-electron chi connectivity index (χ2n) is 1.48. The molecule has 0 saturated heterocycles. The van der Waals surface area contributed by atoms with Crippen LogP contribution in [-0.2, 0) is 11.3 Å². The summed E-state index contributed by atoms with van der Waals surface area (Å²) in [5.74, 6) is -1.28. The summed E-state index contributed by atoms with van der Waals surface area (Å²) in [7, 11) is 0. The third-order valence-electron chi connectivity index (χ3n) is 0.767. The summed E-state index contributed by atoms with van der Waals surface area (Å²) in [6.45, 7) is -0.425. The van der Waals surface area contributed by atoms with Crippen molar-refractivity contribution < 1.29 is 9.90 Å². The van der Waals surface area contributed by atoms with E-state index >= 15 is 0 Å². The number of aliphatic carboxylic acids is 1. The predicted octanol–water partition coefficient (Wildman–Crippen LogP) is -1.92. The molecule has 0 N–H and O–H groups in total. The highest BCUT2D eigenvalue weighted by atomic mass is 35.5. The third-order valence-corrected chi connectivity index (χ3v) is 1.04. The zero-order chi connectivity index (χ0) is 7.56. The van der Waals surface area contributed by atoms with E-state index in [4.69, 9.17) is 11.6 Å². The molecular formula is C3H2ClN4O2-. The van der Waals surface area contributed by atoms with Gasteiger partial charge in [0.15, 0.2) is 0 Å². The van der Waals surface area contributed by atoms with Crippen LogP contribution in [0.25, 0.3) is 0 Å². The summed E-state index contributed by atoms with van der Waals surface area (Å²) in [4.78, 5) is 9.93. The molecule has 54 valence electrons. The molecule has 0 saturated carbocycles. The maximum absolute atomic E-state index is 9.93. The van der Waals surface area contributed by atoms with Crippen LogP contribution in [-0.4, -0.2) is 26.2 Å². The Morgan fingerprint density at radius 3 is 2.90 bits per heavy atom. The molecule has 0 spiro atoms. The van der Waals surface area contributed by atoms with Gasteiger partial charge in [-0.2, -0.15) is 0 Å². The molecule has 0 atom stereocenters. The van der Waals surface area contributed by atoms with Gasteiger partial charge in [-0.05, 0) is 22.0 Å². The summed E-state index contributed by atoms with van der Waals surface area (Å²) >= 11 is 5.32. The second-order valence-corrected chi connectivity index (χ2v) is 1.82. The summed E-state index contributed by atoms with van der Waals surface area (Å²) in [5, 5.41) is 19.5. The van der Waals surface area contributed by atoms with E-state index in [1.807, 2.05) is 0 Å². The smallest absolute Gasteiger partial charge is 0.243 e. The van der Waals surface area contributed by atoms with Gasteiger partial charge in [0.05, 0.1) is 12.5 Å². The molecule has 1 aromatic rings. The molecule has 0 aliphatic heterocycles. The number of tetrazole rings is 1. The van der Waals surface area contributed by atoms with Crippen molar-refractivity contribution in [2.75, 3.05) is 0 Å². The first-order chi connectivity index (χ1) is 4.70. The number of rotatable bonds is 2. The molecule has 10 heavy (non-hydrogen) atoms. The van der Waals surface area contributed by atoms with E-state index in [0.717, 1.165) is 4.68 Å². The van der Waals surface area contributed by atoms with E-state index in [9.17, 15) is 9.90 Å². The molecule has 0 radical (unpaired) electrons. The number of hydrogen-bond acceptors (Lipinski definition) is 5. The Bertz CT molecular complexity index is 246. The number of hydrogen-bond donors (Lipinski definition) is 0. The van der Waals surface area contributed by atoms with E-state index in [0.29, 0.717) is 0 Å². The van der Waals surface area contributed by atoms with Crippen molar-refractivity contribution in [2.45, 2.75) is 6.54 Å². The van der Waals surface area contributed by atoms with Gasteiger partial charge in [0.1, 0.15) is 0 Å². The van der Waals surface area contributed by atoms with Crippen LogP contribution < -0.4 is 5.11 Å². The molecule has 0 bridgehead atoms. The molecule has 0 aliphatic carbocycles. The van der Waals surface area contributed by atoms with E-state index in [1.54, 1.807) is 0 Å². The van der Waals surface area contributed by atoms with Crippen LogP contribution >= 0.6 is 11.6 Å².